The standard InChI is InChI=1S/C22H22N4O3S/c1-13-11-15(12-24-25-20(27)17-8-5-6-10-23-17)14(2)26(13)21-19(22(28)29)16-7-3-4-9-18(16)30-21/h5-6,8,10-12H,3-4,7,9H2,1-2H3,(H,25,27)(H,28,29). The van der Waals surface area contributed by atoms with Crippen molar-refractivity contribution in [2.75, 3.05) is 0 Å². The molecule has 3 heterocycles. The predicted molar refractivity (Wildman–Crippen MR) is 116 cm³/mol. The Morgan fingerprint density at radius 3 is 2.80 bits per heavy atom. The SMILES string of the molecule is Cc1cc(C=NNC(=O)c2ccccn2)c(C)n1-c1sc2c(c1C(=O)O)CCCC2. The second kappa shape index (κ2) is 8.23. The Hall–Kier alpha value is -3.26. The molecule has 7 nitrogen and oxygen atoms in total. The lowest BCUT2D eigenvalue weighted by molar-refractivity contribution is 0.0695. The van der Waals surface area contributed by atoms with Gasteiger partial charge in [-0.3, -0.25) is 9.78 Å². The van der Waals surface area contributed by atoms with Crippen LogP contribution in [0.1, 0.15) is 61.1 Å². The molecule has 0 saturated carbocycles. The molecule has 0 atom stereocenters. The molecule has 0 saturated heterocycles. The zero-order valence-corrected chi connectivity index (χ0v) is 17.6. The zero-order valence-electron chi connectivity index (χ0n) is 16.8. The number of aromatic nitrogens is 2. The molecule has 0 spiro atoms. The molecule has 1 amide bonds. The summed E-state index contributed by atoms with van der Waals surface area (Å²) in [4.78, 5) is 29.3. The number of carbonyl (C=O) groups is 2. The summed E-state index contributed by atoms with van der Waals surface area (Å²) in [5.74, 6) is -1.27. The van der Waals surface area contributed by atoms with Crippen LogP contribution in [0.25, 0.3) is 5.00 Å². The minimum atomic E-state index is -0.880. The lowest BCUT2D eigenvalue weighted by atomic mass is 9.95. The summed E-state index contributed by atoms with van der Waals surface area (Å²) in [6, 6.07) is 7.03. The van der Waals surface area contributed by atoms with Gasteiger partial charge in [-0.2, -0.15) is 5.10 Å². The van der Waals surface area contributed by atoms with Crippen molar-refractivity contribution >= 4 is 29.4 Å². The summed E-state index contributed by atoms with van der Waals surface area (Å²) in [5, 5.41) is 14.7. The molecule has 8 heteroatoms. The molecule has 1 aliphatic carbocycles. The van der Waals surface area contributed by atoms with Crippen LogP contribution in [-0.2, 0) is 12.8 Å². The van der Waals surface area contributed by atoms with Gasteiger partial charge < -0.3 is 9.67 Å². The van der Waals surface area contributed by atoms with E-state index in [1.807, 2.05) is 24.5 Å². The number of fused-ring (bicyclic) bond motifs is 1. The third-order valence-corrected chi connectivity index (χ3v) is 6.58. The van der Waals surface area contributed by atoms with Gasteiger partial charge >= 0.3 is 5.97 Å². The van der Waals surface area contributed by atoms with E-state index >= 15 is 0 Å². The molecule has 3 aromatic rings. The van der Waals surface area contributed by atoms with E-state index in [0.717, 1.165) is 53.2 Å². The van der Waals surface area contributed by atoms with Crippen molar-refractivity contribution in [1.29, 1.82) is 0 Å². The number of hydrazone groups is 1. The fourth-order valence-corrected chi connectivity index (χ4v) is 5.37. The van der Waals surface area contributed by atoms with Crippen molar-refractivity contribution in [3.05, 3.63) is 69.1 Å². The lowest BCUT2D eigenvalue weighted by Crippen LogP contribution is -2.18. The van der Waals surface area contributed by atoms with Crippen LogP contribution < -0.4 is 5.43 Å². The average Bonchev–Trinajstić information content (AvgIpc) is 3.25. The molecule has 154 valence electrons. The smallest absolute Gasteiger partial charge is 0.339 e. The van der Waals surface area contributed by atoms with E-state index in [4.69, 9.17) is 0 Å². The first kappa shape index (κ1) is 20.0. The number of aromatic carboxylic acids is 1. The summed E-state index contributed by atoms with van der Waals surface area (Å²) in [5.41, 5.74) is 6.79. The van der Waals surface area contributed by atoms with E-state index in [2.05, 4.69) is 15.5 Å². The van der Waals surface area contributed by atoms with Crippen LogP contribution >= 0.6 is 11.3 Å². The molecule has 0 unspecified atom stereocenters. The number of hydrogen-bond donors (Lipinski definition) is 2. The molecule has 0 fully saturated rings. The Morgan fingerprint density at radius 2 is 2.07 bits per heavy atom. The van der Waals surface area contributed by atoms with Crippen LogP contribution in [0.2, 0.25) is 0 Å². The van der Waals surface area contributed by atoms with Crippen LogP contribution in [0.4, 0.5) is 0 Å². The van der Waals surface area contributed by atoms with E-state index in [1.54, 1.807) is 41.9 Å². The van der Waals surface area contributed by atoms with Crippen molar-refractivity contribution < 1.29 is 14.7 Å². The number of pyridine rings is 1. The van der Waals surface area contributed by atoms with E-state index in [0.29, 0.717) is 5.56 Å². The molecule has 0 aromatic carbocycles. The molecule has 3 aromatic heterocycles. The number of thiophene rings is 1. The van der Waals surface area contributed by atoms with Crippen LogP contribution in [0.15, 0.2) is 35.6 Å². The lowest BCUT2D eigenvalue weighted by Gasteiger charge is -2.11. The maximum absolute atomic E-state index is 12.1. The van der Waals surface area contributed by atoms with Crippen molar-refractivity contribution in [3.8, 4) is 5.00 Å². The highest BCUT2D eigenvalue weighted by molar-refractivity contribution is 7.15. The Balaban J connectivity index is 1.64. The fourth-order valence-electron chi connectivity index (χ4n) is 3.88. The van der Waals surface area contributed by atoms with Crippen molar-refractivity contribution in [2.24, 2.45) is 5.10 Å². The maximum Gasteiger partial charge on any atom is 0.339 e. The second-order valence-corrected chi connectivity index (χ2v) is 8.36. The van der Waals surface area contributed by atoms with Gasteiger partial charge in [-0.05, 0) is 63.3 Å². The number of nitrogens with one attached hydrogen (secondary N) is 1. The summed E-state index contributed by atoms with van der Waals surface area (Å²) in [7, 11) is 0. The number of amides is 1. The topological polar surface area (TPSA) is 96.6 Å². The van der Waals surface area contributed by atoms with E-state index in [9.17, 15) is 14.7 Å². The number of carboxylic acid groups (broad SMARTS) is 1. The zero-order chi connectivity index (χ0) is 21.3. The van der Waals surface area contributed by atoms with Gasteiger partial charge in [0.05, 0.1) is 11.8 Å². The number of carbonyl (C=O) groups excluding carboxylic acids is 1. The molecule has 2 N–H and O–H groups in total. The van der Waals surface area contributed by atoms with Crippen molar-refractivity contribution in [1.82, 2.24) is 15.0 Å². The van der Waals surface area contributed by atoms with Gasteiger partial charge in [0.1, 0.15) is 10.7 Å². The largest absolute Gasteiger partial charge is 0.478 e. The van der Waals surface area contributed by atoms with E-state index < -0.39 is 5.97 Å². The molecule has 0 bridgehead atoms. The highest BCUT2D eigenvalue weighted by Crippen LogP contribution is 2.38. The number of carboxylic acids is 1. The molecule has 4 rings (SSSR count). The summed E-state index contributed by atoms with van der Waals surface area (Å²) in [6.45, 7) is 3.88. The first-order chi connectivity index (χ1) is 14.5. The van der Waals surface area contributed by atoms with E-state index in [-0.39, 0.29) is 11.6 Å². The van der Waals surface area contributed by atoms with Gasteiger partial charge in [-0.25, -0.2) is 10.2 Å². The quantitative estimate of drug-likeness (QED) is 0.481. The average molecular weight is 423 g/mol. The van der Waals surface area contributed by atoms with Crippen LogP contribution in [0.5, 0.6) is 0 Å². The van der Waals surface area contributed by atoms with Gasteiger partial charge in [0.15, 0.2) is 0 Å². The highest BCUT2D eigenvalue weighted by Gasteiger charge is 2.27. The Labute approximate surface area is 178 Å². The molecule has 0 radical (unpaired) electrons. The number of nitrogens with zero attached hydrogens (tertiary/aromatic N) is 3. The number of rotatable bonds is 5. The predicted octanol–water partition coefficient (Wildman–Crippen LogP) is 3.89. The summed E-state index contributed by atoms with van der Waals surface area (Å²) < 4.78 is 1.98. The van der Waals surface area contributed by atoms with Crippen molar-refractivity contribution in [3.63, 3.8) is 0 Å². The Morgan fingerprint density at radius 1 is 1.27 bits per heavy atom. The number of hydrogen-bond acceptors (Lipinski definition) is 5. The third-order valence-electron chi connectivity index (χ3n) is 5.31. The van der Waals surface area contributed by atoms with Crippen molar-refractivity contribution in [2.45, 2.75) is 39.5 Å². The molecule has 0 aliphatic heterocycles. The highest BCUT2D eigenvalue weighted by atomic mass is 32.1. The maximum atomic E-state index is 12.1. The number of aryl methyl sites for hydroxylation is 2. The first-order valence-corrected chi connectivity index (χ1v) is 10.6. The first-order valence-electron chi connectivity index (χ1n) is 9.79. The Kier molecular flexibility index (Phi) is 5.50. The van der Waals surface area contributed by atoms with Crippen LogP contribution in [0.3, 0.4) is 0 Å². The molecular weight excluding hydrogens is 400 g/mol. The van der Waals surface area contributed by atoms with Gasteiger partial charge in [0.25, 0.3) is 5.91 Å². The Bertz CT molecular complexity index is 1150. The normalized spacial score (nSPS) is 13.4. The van der Waals surface area contributed by atoms with Crippen LogP contribution in [-0.4, -0.2) is 32.7 Å². The van der Waals surface area contributed by atoms with Gasteiger partial charge in [-0.15, -0.1) is 11.3 Å². The van der Waals surface area contributed by atoms with Gasteiger partial charge in [-0.1, -0.05) is 6.07 Å². The summed E-state index contributed by atoms with van der Waals surface area (Å²) in [6.07, 6.45) is 7.01. The minimum absolute atomic E-state index is 0.287. The second-order valence-electron chi connectivity index (χ2n) is 7.27. The van der Waals surface area contributed by atoms with Crippen LogP contribution in [0, 0.1) is 13.8 Å². The van der Waals surface area contributed by atoms with Gasteiger partial charge in [0, 0.05) is 28.0 Å². The van der Waals surface area contributed by atoms with Gasteiger partial charge in [0.2, 0.25) is 0 Å². The fraction of sp³-hybridized carbons (Fsp3) is 0.273. The van der Waals surface area contributed by atoms with E-state index in [1.165, 1.54) is 4.88 Å². The monoisotopic (exact) mass is 422 g/mol. The third kappa shape index (κ3) is 3.66. The molecular formula is C22H22N4O3S. The molecule has 30 heavy (non-hydrogen) atoms. The minimum Gasteiger partial charge on any atom is -0.478 e. The molecule has 1 aliphatic rings. The summed E-state index contributed by atoms with van der Waals surface area (Å²) >= 11 is 1.57.